The molecule has 2 heterocycles. The molecule has 120 valence electrons. The van der Waals surface area contributed by atoms with E-state index < -0.39 is 6.67 Å². The van der Waals surface area contributed by atoms with Crippen LogP contribution in [0.4, 0.5) is 4.39 Å². The molecular weight excluding hydrogens is 315 g/mol. The van der Waals surface area contributed by atoms with Crippen molar-refractivity contribution >= 4 is 21.6 Å². The van der Waals surface area contributed by atoms with Gasteiger partial charge < -0.3 is 4.74 Å². The number of hydrogen-bond donors (Lipinski definition) is 0. The summed E-state index contributed by atoms with van der Waals surface area (Å²) in [7, 11) is 1.63. The lowest BCUT2D eigenvalue weighted by Crippen LogP contribution is -2.21. The van der Waals surface area contributed by atoms with Gasteiger partial charge in [0.1, 0.15) is 17.3 Å². The van der Waals surface area contributed by atoms with E-state index in [-0.39, 0.29) is 12.1 Å². The fourth-order valence-electron chi connectivity index (χ4n) is 2.77. The number of aryl methyl sites for hydroxylation is 3. The Balaban J connectivity index is 2.28. The smallest absolute Gasteiger partial charge is 0.262 e. The lowest BCUT2D eigenvalue weighted by molar-refractivity contribution is 0.412. The zero-order chi connectivity index (χ0) is 16.6. The zero-order valence-corrected chi connectivity index (χ0v) is 14.0. The molecule has 4 nitrogen and oxygen atoms in total. The Labute approximate surface area is 137 Å². The van der Waals surface area contributed by atoms with Crippen molar-refractivity contribution in [1.82, 2.24) is 9.55 Å². The molecular formula is C17H17FN2O2S. The maximum Gasteiger partial charge on any atom is 0.262 e. The Kier molecular flexibility index (Phi) is 4.17. The minimum absolute atomic E-state index is 0.0255. The third-order valence-electron chi connectivity index (χ3n) is 3.86. The summed E-state index contributed by atoms with van der Waals surface area (Å²) >= 11 is 1.48. The SMILES string of the molecule is COc1ccc(-c2c(C)sc3ncn(CCF)c(=O)c23)cc1C. The van der Waals surface area contributed by atoms with Gasteiger partial charge in [0.15, 0.2) is 0 Å². The minimum atomic E-state index is -0.590. The fourth-order valence-corrected chi connectivity index (χ4v) is 3.77. The molecule has 6 heteroatoms. The van der Waals surface area contributed by atoms with E-state index in [0.29, 0.717) is 10.2 Å². The molecule has 0 atom stereocenters. The van der Waals surface area contributed by atoms with Crippen molar-refractivity contribution in [1.29, 1.82) is 0 Å². The number of benzene rings is 1. The van der Waals surface area contributed by atoms with Gasteiger partial charge in [-0.05, 0) is 37.1 Å². The van der Waals surface area contributed by atoms with Crippen molar-refractivity contribution in [3.05, 3.63) is 45.3 Å². The summed E-state index contributed by atoms with van der Waals surface area (Å²) < 4.78 is 19.2. The van der Waals surface area contributed by atoms with Crippen LogP contribution in [0.25, 0.3) is 21.3 Å². The Morgan fingerprint density at radius 1 is 1.35 bits per heavy atom. The van der Waals surface area contributed by atoms with Gasteiger partial charge >= 0.3 is 0 Å². The molecule has 0 bridgehead atoms. The minimum Gasteiger partial charge on any atom is -0.496 e. The van der Waals surface area contributed by atoms with Gasteiger partial charge in [-0.15, -0.1) is 11.3 Å². The van der Waals surface area contributed by atoms with E-state index >= 15 is 0 Å². The number of ether oxygens (including phenoxy) is 1. The first-order valence-electron chi connectivity index (χ1n) is 7.26. The van der Waals surface area contributed by atoms with E-state index in [1.165, 1.54) is 22.2 Å². The lowest BCUT2D eigenvalue weighted by Gasteiger charge is -2.08. The quantitative estimate of drug-likeness (QED) is 0.731. The molecule has 0 saturated heterocycles. The molecule has 0 N–H and O–H groups in total. The van der Waals surface area contributed by atoms with E-state index in [1.807, 2.05) is 32.0 Å². The monoisotopic (exact) mass is 332 g/mol. The van der Waals surface area contributed by atoms with Gasteiger partial charge in [0.2, 0.25) is 0 Å². The second-order valence-corrected chi connectivity index (χ2v) is 6.53. The van der Waals surface area contributed by atoms with Crippen molar-refractivity contribution in [2.45, 2.75) is 20.4 Å². The van der Waals surface area contributed by atoms with Crippen molar-refractivity contribution in [2.24, 2.45) is 0 Å². The average molecular weight is 332 g/mol. The molecule has 0 saturated carbocycles. The highest BCUT2D eigenvalue weighted by Gasteiger charge is 2.17. The molecule has 0 radical (unpaired) electrons. The van der Waals surface area contributed by atoms with Crippen LogP contribution in [-0.2, 0) is 6.54 Å². The van der Waals surface area contributed by atoms with Gasteiger partial charge in [0.25, 0.3) is 5.56 Å². The van der Waals surface area contributed by atoms with E-state index in [0.717, 1.165) is 27.3 Å². The van der Waals surface area contributed by atoms with Crippen molar-refractivity contribution in [2.75, 3.05) is 13.8 Å². The van der Waals surface area contributed by atoms with Crippen LogP contribution in [0.5, 0.6) is 5.75 Å². The number of methoxy groups -OCH3 is 1. The Bertz CT molecular complexity index is 930. The highest BCUT2D eigenvalue weighted by Crippen LogP contribution is 2.37. The summed E-state index contributed by atoms with van der Waals surface area (Å²) in [5, 5.41) is 0.563. The highest BCUT2D eigenvalue weighted by molar-refractivity contribution is 7.19. The molecule has 3 rings (SSSR count). The normalized spacial score (nSPS) is 11.1. The molecule has 0 unspecified atom stereocenters. The molecule has 0 spiro atoms. The number of alkyl halides is 1. The van der Waals surface area contributed by atoms with E-state index in [1.54, 1.807) is 7.11 Å². The predicted octanol–water partition coefficient (Wildman–Crippen LogP) is 3.72. The standard InChI is InChI=1S/C17H17FN2O2S/c1-10-8-12(4-5-13(10)22-3)14-11(2)23-16-15(14)17(21)20(7-6-18)9-19-16/h4-5,8-9H,6-7H2,1-3H3. The van der Waals surface area contributed by atoms with Crippen LogP contribution >= 0.6 is 11.3 Å². The molecule has 0 amide bonds. The third-order valence-corrected chi connectivity index (χ3v) is 4.88. The van der Waals surface area contributed by atoms with Crippen LogP contribution in [0.2, 0.25) is 0 Å². The van der Waals surface area contributed by atoms with Crippen LogP contribution in [0.1, 0.15) is 10.4 Å². The Hall–Kier alpha value is -2.21. The van der Waals surface area contributed by atoms with Gasteiger partial charge in [-0.25, -0.2) is 9.37 Å². The number of fused-ring (bicyclic) bond motifs is 1. The van der Waals surface area contributed by atoms with Gasteiger partial charge in [-0.2, -0.15) is 0 Å². The first-order chi connectivity index (χ1) is 11.1. The van der Waals surface area contributed by atoms with E-state index in [2.05, 4.69) is 4.98 Å². The largest absolute Gasteiger partial charge is 0.496 e. The first kappa shape index (κ1) is 15.7. The molecule has 1 aromatic carbocycles. The summed E-state index contributed by atoms with van der Waals surface area (Å²) in [6.07, 6.45) is 1.42. The lowest BCUT2D eigenvalue weighted by atomic mass is 10.0. The maximum atomic E-state index is 12.7. The maximum absolute atomic E-state index is 12.7. The number of hydrogen-bond acceptors (Lipinski definition) is 4. The highest BCUT2D eigenvalue weighted by atomic mass is 32.1. The topological polar surface area (TPSA) is 44.1 Å². The molecule has 0 fully saturated rings. The Morgan fingerprint density at radius 3 is 2.78 bits per heavy atom. The van der Waals surface area contributed by atoms with Crippen LogP contribution in [0, 0.1) is 13.8 Å². The average Bonchev–Trinajstić information content (AvgIpc) is 2.87. The second kappa shape index (κ2) is 6.12. The number of aromatic nitrogens is 2. The Morgan fingerprint density at radius 2 is 2.13 bits per heavy atom. The summed E-state index contributed by atoms with van der Waals surface area (Å²) in [5.41, 5.74) is 2.63. The van der Waals surface area contributed by atoms with Gasteiger partial charge in [0.05, 0.1) is 25.4 Å². The van der Waals surface area contributed by atoms with Gasteiger partial charge in [-0.1, -0.05) is 6.07 Å². The zero-order valence-electron chi connectivity index (χ0n) is 13.2. The number of nitrogens with zero attached hydrogens (tertiary/aromatic N) is 2. The van der Waals surface area contributed by atoms with Crippen molar-refractivity contribution < 1.29 is 9.13 Å². The number of thiophene rings is 1. The van der Waals surface area contributed by atoms with Crippen molar-refractivity contribution in [3.8, 4) is 16.9 Å². The van der Waals surface area contributed by atoms with Gasteiger partial charge in [0, 0.05) is 10.4 Å². The first-order valence-corrected chi connectivity index (χ1v) is 8.08. The molecule has 23 heavy (non-hydrogen) atoms. The third kappa shape index (κ3) is 2.63. The second-order valence-electron chi connectivity index (χ2n) is 5.33. The molecule has 0 aliphatic heterocycles. The van der Waals surface area contributed by atoms with Gasteiger partial charge in [-0.3, -0.25) is 9.36 Å². The van der Waals surface area contributed by atoms with Crippen LogP contribution < -0.4 is 10.3 Å². The predicted molar refractivity (Wildman–Crippen MR) is 91.3 cm³/mol. The summed E-state index contributed by atoms with van der Waals surface area (Å²) in [4.78, 5) is 18.7. The summed E-state index contributed by atoms with van der Waals surface area (Å²) in [6, 6.07) is 5.83. The van der Waals surface area contributed by atoms with E-state index in [4.69, 9.17) is 4.74 Å². The molecule has 2 aromatic heterocycles. The summed E-state index contributed by atoms with van der Waals surface area (Å²) in [6.45, 7) is 3.37. The molecule has 0 aliphatic carbocycles. The van der Waals surface area contributed by atoms with Crippen LogP contribution in [-0.4, -0.2) is 23.3 Å². The number of halogens is 1. The van der Waals surface area contributed by atoms with Crippen LogP contribution in [0.3, 0.4) is 0 Å². The molecule has 0 aliphatic rings. The number of rotatable bonds is 4. The van der Waals surface area contributed by atoms with Crippen LogP contribution in [0.15, 0.2) is 29.3 Å². The molecule has 3 aromatic rings. The van der Waals surface area contributed by atoms with Crippen molar-refractivity contribution in [3.63, 3.8) is 0 Å². The van der Waals surface area contributed by atoms with E-state index in [9.17, 15) is 9.18 Å². The fraction of sp³-hybridized carbons (Fsp3) is 0.294. The summed E-state index contributed by atoms with van der Waals surface area (Å²) in [5.74, 6) is 0.805.